The van der Waals surface area contributed by atoms with Gasteiger partial charge in [-0.15, -0.1) is 0 Å². The number of hydrogen-bond acceptors (Lipinski definition) is 4. The van der Waals surface area contributed by atoms with Gasteiger partial charge >= 0.3 is 5.97 Å². The third kappa shape index (κ3) is 2.67. The van der Waals surface area contributed by atoms with Crippen LogP contribution in [0.5, 0.6) is 0 Å². The van der Waals surface area contributed by atoms with Crippen LogP contribution in [-0.2, 0) is 11.2 Å². The third-order valence-corrected chi connectivity index (χ3v) is 2.74. The summed E-state index contributed by atoms with van der Waals surface area (Å²) in [5.74, 6) is -0.549. The van der Waals surface area contributed by atoms with E-state index in [1.807, 2.05) is 24.3 Å². The number of rotatable bonds is 4. The fourth-order valence-corrected chi connectivity index (χ4v) is 1.85. The second-order valence-electron chi connectivity index (χ2n) is 3.93. The molecule has 0 aliphatic heterocycles. The molecule has 18 heavy (non-hydrogen) atoms. The number of hydrogen-bond donors (Lipinski definition) is 2. The van der Waals surface area contributed by atoms with Gasteiger partial charge < -0.3 is 14.9 Å². The lowest BCUT2D eigenvalue weighted by Crippen LogP contribution is -2.05. The van der Waals surface area contributed by atoms with Crippen LogP contribution >= 0.6 is 0 Å². The summed E-state index contributed by atoms with van der Waals surface area (Å²) in [6.45, 7) is -0.529. The highest BCUT2D eigenvalue weighted by molar-refractivity contribution is 5.95. The highest BCUT2D eigenvalue weighted by atomic mass is 16.6. The molecule has 0 aromatic heterocycles. The van der Waals surface area contributed by atoms with Gasteiger partial charge in [0.2, 0.25) is 0 Å². The maximum Gasteiger partial charge on any atom is 0.340 e. The normalized spacial score (nSPS) is 10.6. The first-order chi connectivity index (χ1) is 8.74. The Balaban J connectivity index is 2.38. The Morgan fingerprint density at radius 1 is 1.06 bits per heavy atom. The van der Waals surface area contributed by atoms with Gasteiger partial charge in [0.05, 0.1) is 5.56 Å². The quantitative estimate of drug-likeness (QED) is 0.633. The van der Waals surface area contributed by atoms with Crippen LogP contribution < -0.4 is 0 Å². The number of fused-ring (bicyclic) bond motifs is 1. The van der Waals surface area contributed by atoms with Crippen molar-refractivity contribution in [3.63, 3.8) is 0 Å². The molecule has 0 saturated carbocycles. The maximum absolute atomic E-state index is 11.5. The van der Waals surface area contributed by atoms with Crippen LogP contribution in [0.3, 0.4) is 0 Å². The number of esters is 1. The van der Waals surface area contributed by atoms with E-state index >= 15 is 0 Å². The summed E-state index contributed by atoms with van der Waals surface area (Å²) in [5, 5.41) is 19.4. The van der Waals surface area contributed by atoms with E-state index in [2.05, 4.69) is 4.74 Å². The number of ether oxygens (including phenoxy) is 1. The van der Waals surface area contributed by atoms with Crippen molar-refractivity contribution in [2.75, 3.05) is 13.4 Å². The first-order valence-corrected chi connectivity index (χ1v) is 5.66. The zero-order valence-electron chi connectivity index (χ0n) is 9.80. The third-order valence-electron chi connectivity index (χ3n) is 2.74. The standard InChI is InChI=1S/C14H14O4/c15-6-5-10-1-2-11-3-4-12(8-13(11)7-10)14(17)18-9-16/h1-4,7-8,15-16H,5-6,9H2. The lowest BCUT2D eigenvalue weighted by molar-refractivity contribution is 0.00685. The van der Waals surface area contributed by atoms with Gasteiger partial charge in [-0.05, 0) is 34.9 Å². The van der Waals surface area contributed by atoms with Gasteiger partial charge in [-0.2, -0.15) is 0 Å². The molecule has 0 heterocycles. The number of aliphatic hydroxyl groups is 2. The summed E-state index contributed by atoms with van der Waals surface area (Å²) in [7, 11) is 0. The minimum atomic E-state index is -0.624. The summed E-state index contributed by atoms with van der Waals surface area (Å²) in [6, 6.07) is 11.0. The molecule has 0 amide bonds. The van der Waals surface area contributed by atoms with Crippen LogP contribution in [0, 0.1) is 0 Å². The Morgan fingerprint density at radius 2 is 1.83 bits per heavy atom. The van der Waals surface area contributed by atoms with Crippen LogP contribution in [0.2, 0.25) is 0 Å². The van der Waals surface area contributed by atoms with Gasteiger partial charge in [0, 0.05) is 6.61 Å². The molecule has 0 aliphatic rings. The molecule has 94 valence electrons. The summed E-state index contributed by atoms with van der Waals surface area (Å²) < 4.78 is 4.53. The molecule has 0 bridgehead atoms. The molecule has 0 aliphatic carbocycles. The van der Waals surface area contributed by atoms with Crippen molar-refractivity contribution in [1.82, 2.24) is 0 Å². The maximum atomic E-state index is 11.5. The van der Waals surface area contributed by atoms with Crippen molar-refractivity contribution in [3.8, 4) is 0 Å². The monoisotopic (exact) mass is 246 g/mol. The van der Waals surface area contributed by atoms with Gasteiger partial charge in [0.25, 0.3) is 0 Å². The Labute approximate surface area is 104 Å². The minimum Gasteiger partial charge on any atom is -0.435 e. The summed E-state index contributed by atoms with van der Waals surface area (Å²) >= 11 is 0. The number of benzene rings is 2. The molecule has 0 fully saturated rings. The topological polar surface area (TPSA) is 66.8 Å². The van der Waals surface area contributed by atoms with E-state index in [-0.39, 0.29) is 6.61 Å². The summed E-state index contributed by atoms with van der Waals surface area (Å²) in [4.78, 5) is 11.5. The van der Waals surface area contributed by atoms with E-state index in [9.17, 15) is 4.79 Å². The molecule has 0 radical (unpaired) electrons. The molecule has 2 rings (SSSR count). The van der Waals surface area contributed by atoms with Crippen molar-refractivity contribution in [3.05, 3.63) is 47.5 Å². The first kappa shape index (κ1) is 12.5. The van der Waals surface area contributed by atoms with Gasteiger partial charge in [-0.1, -0.05) is 24.3 Å². The minimum absolute atomic E-state index is 0.0950. The van der Waals surface area contributed by atoms with E-state index in [0.29, 0.717) is 12.0 Å². The molecule has 0 unspecified atom stereocenters. The fourth-order valence-electron chi connectivity index (χ4n) is 1.85. The predicted octanol–water partition coefficient (Wildman–Crippen LogP) is 1.48. The van der Waals surface area contributed by atoms with Crippen LogP contribution in [0.25, 0.3) is 10.8 Å². The average molecular weight is 246 g/mol. The first-order valence-electron chi connectivity index (χ1n) is 5.66. The average Bonchev–Trinajstić information content (AvgIpc) is 2.38. The lowest BCUT2D eigenvalue weighted by atomic mass is 10.0. The SMILES string of the molecule is O=C(OCO)c1ccc2ccc(CCO)cc2c1. The van der Waals surface area contributed by atoms with Crippen molar-refractivity contribution in [1.29, 1.82) is 0 Å². The molecular formula is C14H14O4. The van der Waals surface area contributed by atoms with Crippen molar-refractivity contribution >= 4 is 16.7 Å². The zero-order chi connectivity index (χ0) is 13.0. The van der Waals surface area contributed by atoms with Crippen LogP contribution in [0.15, 0.2) is 36.4 Å². The lowest BCUT2D eigenvalue weighted by Gasteiger charge is -2.05. The second kappa shape index (κ2) is 5.62. The molecule has 0 spiro atoms. The van der Waals surface area contributed by atoms with E-state index in [4.69, 9.17) is 10.2 Å². The Morgan fingerprint density at radius 3 is 2.56 bits per heavy atom. The highest BCUT2D eigenvalue weighted by Gasteiger charge is 2.07. The van der Waals surface area contributed by atoms with Gasteiger partial charge in [-0.3, -0.25) is 0 Å². The Hall–Kier alpha value is -1.91. The summed E-state index contributed by atoms with van der Waals surface area (Å²) in [6.07, 6.45) is 0.585. The van der Waals surface area contributed by atoms with Crippen LogP contribution in [-0.4, -0.2) is 29.6 Å². The summed E-state index contributed by atoms with van der Waals surface area (Å²) in [5.41, 5.74) is 1.41. The Kier molecular flexibility index (Phi) is 3.92. The van der Waals surface area contributed by atoms with E-state index < -0.39 is 12.8 Å². The molecular weight excluding hydrogens is 232 g/mol. The fraction of sp³-hybridized carbons (Fsp3) is 0.214. The highest BCUT2D eigenvalue weighted by Crippen LogP contribution is 2.19. The Bertz CT molecular complexity index is 563. The number of carbonyl (C=O) groups excluding carboxylic acids is 1. The smallest absolute Gasteiger partial charge is 0.340 e. The van der Waals surface area contributed by atoms with Gasteiger partial charge in [0.1, 0.15) is 0 Å². The molecule has 4 nitrogen and oxygen atoms in total. The van der Waals surface area contributed by atoms with E-state index in [1.54, 1.807) is 12.1 Å². The molecule has 2 aromatic carbocycles. The van der Waals surface area contributed by atoms with Gasteiger partial charge in [0.15, 0.2) is 6.79 Å². The number of aliphatic hydroxyl groups excluding tert-OH is 2. The predicted molar refractivity (Wildman–Crippen MR) is 67.2 cm³/mol. The molecule has 0 saturated heterocycles. The van der Waals surface area contributed by atoms with Crippen molar-refractivity contribution < 1.29 is 19.7 Å². The van der Waals surface area contributed by atoms with Crippen LogP contribution in [0.1, 0.15) is 15.9 Å². The van der Waals surface area contributed by atoms with E-state index in [1.165, 1.54) is 0 Å². The number of carbonyl (C=O) groups is 1. The van der Waals surface area contributed by atoms with Gasteiger partial charge in [-0.25, -0.2) is 4.79 Å². The molecule has 0 atom stereocenters. The molecule has 2 aromatic rings. The molecule has 4 heteroatoms. The van der Waals surface area contributed by atoms with E-state index in [0.717, 1.165) is 16.3 Å². The molecule has 2 N–H and O–H groups in total. The zero-order valence-corrected chi connectivity index (χ0v) is 9.80. The van der Waals surface area contributed by atoms with Crippen molar-refractivity contribution in [2.24, 2.45) is 0 Å². The van der Waals surface area contributed by atoms with Crippen molar-refractivity contribution in [2.45, 2.75) is 6.42 Å². The van der Waals surface area contributed by atoms with Crippen LogP contribution in [0.4, 0.5) is 0 Å². The second-order valence-corrected chi connectivity index (χ2v) is 3.93. The largest absolute Gasteiger partial charge is 0.435 e.